The number of ether oxygens (including phenoxy) is 1. The van der Waals surface area contributed by atoms with Crippen molar-refractivity contribution in [2.75, 3.05) is 18.6 Å². The van der Waals surface area contributed by atoms with Crippen molar-refractivity contribution in [2.24, 2.45) is 0 Å². The fraction of sp³-hybridized carbons (Fsp3) is 0.263. The summed E-state index contributed by atoms with van der Waals surface area (Å²) in [6, 6.07) is 9.42. The molecule has 3 heterocycles. The van der Waals surface area contributed by atoms with Gasteiger partial charge in [0.15, 0.2) is 0 Å². The average Bonchev–Trinajstić information content (AvgIpc) is 3.29. The second-order valence-electron chi connectivity index (χ2n) is 6.27. The zero-order valence-corrected chi connectivity index (χ0v) is 14.5. The monoisotopic (exact) mass is 350 g/mol. The fourth-order valence-corrected chi connectivity index (χ4v) is 3.14. The molecule has 26 heavy (non-hydrogen) atoms. The molecular weight excluding hydrogens is 332 g/mol. The largest absolute Gasteiger partial charge is 0.495 e. The van der Waals surface area contributed by atoms with Gasteiger partial charge in [-0.2, -0.15) is 4.98 Å². The summed E-state index contributed by atoms with van der Waals surface area (Å²) in [7, 11) is 1.60. The molecule has 0 spiro atoms. The average molecular weight is 350 g/mol. The van der Waals surface area contributed by atoms with E-state index >= 15 is 0 Å². The standard InChI is InChI=1S/C19H18N4O3/c1-12-3-4-16(25-2)15(9-12)23-11-14(10-17(23)24)19-21-18(22-26-19)13-5-7-20-8-6-13/h3-9,14H,10-11H2,1-2H3. The van der Waals surface area contributed by atoms with Crippen LogP contribution in [0.3, 0.4) is 0 Å². The van der Waals surface area contributed by atoms with Crippen LogP contribution < -0.4 is 9.64 Å². The van der Waals surface area contributed by atoms with Crippen molar-refractivity contribution < 1.29 is 14.1 Å². The van der Waals surface area contributed by atoms with Crippen LogP contribution >= 0.6 is 0 Å². The molecule has 1 fully saturated rings. The first-order chi connectivity index (χ1) is 12.7. The van der Waals surface area contributed by atoms with Gasteiger partial charge >= 0.3 is 0 Å². The van der Waals surface area contributed by atoms with Gasteiger partial charge in [0.1, 0.15) is 5.75 Å². The lowest BCUT2D eigenvalue weighted by atomic mass is 10.1. The third kappa shape index (κ3) is 2.92. The number of anilines is 1. The number of nitrogens with zero attached hydrogens (tertiary/aromatic N) is 4. The van der Waals surface area contributed by atoms with Crippen LogP contribution in [0.15, 0.2) is 47.2 Å². The fourth-order valence-electron chi connectivity index (χ4n) is 3.14. The number of aromatic nitrogens is 3. The van der Waals surface area contributed by atoms with Crippen LogP contribution in [0.1, 0.15) is 23.8 Å². The van der Waals surface area contributed by atoms with Gasteiger partial charge in [0.25, 0.3) is 0 Å². The quantitative estimate of drug-likeness (QED) is 0.719. The number of aryl methyl sites for hydroxylation is 1. The Morgan fingerprint density at radius 3 is 2.81 bits per heavy atom. The molecule has 1 saturated heterocycles. The number of methoxy groups -OCH3 is 1. The Hall–Kier alpha value is -3.22. The summed E-state index contributed by atoms with van der Waals surface area (Å²) in [5, 5.41) is 4.03. The molecule has 1 amide bonds. The summed E-state index contributed by atoms with van der Waals surface area (Å²) < 4.78 is 10.8. The molecule has 132 valence electrons. The number of rotatable bonds is 4. The minimum Gasteiger partial charge on any atom is -0.495 e. The SMILES string of the molecule is COc1ccc(C)cc1N1CC(c2nc(-c3ccncc3)no2)CC1=O. The van der Waals surface area contributed by atoms with Crippen molar-refractivity contribution in [1.82, 2.24) is 15.1 Å². The Balaban J connectivity index is 1.59. The van der Waals surface area contributed by atoms with E-state index in [9.17, 15) is 4.79 Å². The highest BCUT2D eigenvalue weighted by Crippen LogP contribution is 2.37. The van der Waals surface area contributed by atoms with E-state index in [1.54, 1.807) is 24.4 Å². The number of hydrogen-bond donors (Lipinski definition) is 0. The summed E-state index contributed by atoms with van der Waals surface area (Å²) in [4.78, 5) is 22.8. The molecule has 1 unspecified atom stereocenters. The summed E-state index contributed by atoms with van der Waals surface area (Å²) in [5.41, 5.74) is 2.67. The second kappa shape index (κ2) is 6.59. The van der Waals surface area contributed by atoms with Crippen LogP contribution in [0.5, 0.6) is 5.75 Å². The molecule has 1 atom stereocenters. The Labute approximate surface area is 150 Å². The van der Waals surface area contributed by atoms with Gasteiger partial charge in [0, 0.05) is 30.9 Å². The summed E-state index contributed by atoms with van der Waals surface area (Å²) in [6.45, 7) is 2.47. The van der Waals surface area contributed by atoms with Gasteiger partial charge < -0.3 is 14.2 Å². The molecule has 1 aliphatic heterocycles. The van der Waals surface area contributed by atoms with Gasteiger partial charge in [0.2, 0.25) is 17.6 Å². The van der Waals surface area contributed by atoms with Crippen molar-refractivity contribution in [3.8, 4) is 17.1 Å². The highest BCUT2D eigenvalue weighted by Gasteiger charge is 2.36. The van der Waals surface area contributed by atoms with Crippen molar-refractivity contribution in [3.05, 3.63) is 54.2 Å². The van der Waals surface area contributed by atoms with E-state index in [4.69, 9.17) is 9.26 Å². The van der Waals surface area contributed by atoms with E-state index in [-0.39, 0.29) is 11.8 Å². The van der Waals surface area contributed by atoms with E-state index in [0.29, 0.717) is 30.4 Å². The van der Waals surface area contributed by atoms with E-state index < -0.39 is 0 Å². The molecular formula is C19H18N4O3. The molecule has 0 saturated carbocycles. The molecule has 7 heteroatoms. The zero-order valence-electron chi connectivity index (χ0n) is 14.5. The van der Waals surface area contributed by atoms with Crippen LogP contribution in [0.2, 0.25) is 0 Å². The van der Waals surface area contributed by atoms with Crippen LogP contribution in [0.25, 0.3) is 11.4 Å². The first-order valence-corrected chi connectivity index (χ1v) is 8.34. The molecule has 2 aromatic heterocycles. The number of carbonyl (C=O) groups excluding carboxylic acids is 1. The van der Waals surface area contributed by atoms with E-state index in [0.717, 1.165) is 16.8 Å². The summed E-state index contributed by atoms with van der Waals surface area (Å²) in [5.74, 6) is 1.52. The maximum atomic E-state index is 12.6. The third-order valence-corrected chi connectivity index (χ3v) is 4.48. The summed E-state index contributed by atoms with van der Waals surface area (Å²) in [6.07, 6.45) is 3.68. The van der Waals surface area contributed by atoms with Crippen molar-refractivity contribution >= 4 is 11.6 Å². The Bertz CT molecular complexity index is 939. The Morgan fingerprint density at radius 2 is 2.04 bits per heavy atom. The molecule has 0 N–H and O–H groups in total. The lowest BCUT2D eigenvalue weighted by molar-refractivity contribution is -0.117. The first kappa shape index (κ1) is 16.3. The van der Waals surface area contributed by atoms with Crippen molar-refractivity contribution in [3.63, 3.8) is 0 Å². The topological polar surface area (TPSA) is 81.3 Å². The first-order valence-electron chi connectivity index (χ1n) is 8.34. The molecule has 0 aliphatic carbocycles. The summed E-state index contributed by atoms with van der Waals surface area (Å²) >= 11 is 0. The van der Waals surface area contributed by atoms with E-state index in [2.05, 4.69) is 15.1 Å². The van der Waals surface area contributed by atoms with Crippen LogP contribution in [-0.2, 0) is 4.79 Å². The van der Waals surface area contributed by atoms with Gasteiger partial charge in [0.05, 0.1) is 18.7 Å². The molecule has 0 bridgehead atoms. The lowest BCUT2D eigenvalue weighted by Crippen LogP contribution is -2.25. The number of hydrogen-bond acceptors (Lipinski definition) is 6. The van der Waals surface area contributed by atoms with E-state index in [1.807, 2.05) is 37.3 Å². The molecule has 7 nitrogen and oxygen atoms in total. The molecule has 0 radical (unpaired) electrons. The predicted molar refractivity (Wildman–Crippen MR) is 95.0 cm³/mol. The molecule has 1 aliphatic rings. The zero-order chi connectivity index (χ0) is 18.1. The highest BCUT2D eigenvalue weighted by molar-refractivity contribution is 5.97. The number of amides is 1. The lowest BCUT2D eigenvalue weighted by Gasteiger charge is -2.19. The van der Waals surface area contributed by atoms with Gasteiger partial charge in [-0.3, -0.25) is 9.78 Å². The maximum Gasteiger partial charge on any atom is 0.232 e. The van der Waals surface area contributed by atoms with Gasteiger partial charge in [-0.05, 0) is 36.8 Å². The molecule has 4 rings (SSSR count). The van der Waals surface area contributed by atoms with Crippen molar-refractivity contribution in [2.45, 2.75) is 19.3 Å². The predicted octanol–water partition coefficient (Wildman–Crippen LogP) is 2.97. The minimum atomic E-state index is -0.143. The Kier molecular flexibility index (Phi) is 4.12. The maximum absolute atomic E-state index is 12.6. The van der Waals surface area contributed by atoms with Gasteiger partial charge in [-0.1, -0.05) is 11.2 Å². The number of benzene rings is 1. The van der Waals surface area contributed by atoms with Gasteiger partial charge in [-0.15, -0.1) is 0 Å². The Morgan fingerprint density at radius 1 is 1.23 bits per heavy atom. The van der Waals surface area contributed by atoms with Gasteiger partial charge in [-0.25, -0.2) is 0 Å². The van der Waals surface area contributed by atoms with Crippen LogP contribution in [-0.4, -0.2) is 34.7 Å². The normalized spacial score (nSPS) is 16.9. The number of pyridine rings is 1. The van der Waals surface area contributed by atoms with Crippen molar-refractivity contribution in [1.29, 1.82) is 0 Å². The minimum absolute atomic E-state index is 0.0163. The van der Waals surface area contributed by atoms with E-state index in [1.165, 1.54) is 0 Å². The molecule has 1 aromatic carbocycles. The van der Waals surface area contributed by atoms with Crippen LogP contribution in [0.4, 0.5) is 5.69 Å². The number of carbonyl (C=O) groups is 1. The smallest absolute Gasteiger partial charge is 0.232 e. The third-order valence-electron chi connectivity index (χ3n) is 4.48. The molecule has 3 aromatic rings. The second-order valence-corrected chi connectivity index (χ2v) is 6.27. The highest BCUT2D eigenvalue weighted by atomic mass is 16.5. The van der Waals surface area contributed by atoms with Crippen LogP contribution in [0, 0.1) is 6.92 Å².